The Hall–Kier alpha value is -3.34. The highest BCUT2D eigenvalue weighted by Crippen LogP contribution is 2.52. The number of carbonyl (C=O) groups is 2. The second kappa shape index (κ2) is 7.37. The molecule has 9 heteroatoms. The van der Waals surface area contributed by atoms with Gasteiger partial charge in [-0.1, -0.05) is 46.5 Å². The summed E-state index contributed by atoms with van der Waals surface area (Å²) in [5.74, 6) is 2.28. The lowest BCUT2D eigenvalue weighted by molar-refractivity contribution is -0.126. The minimum atomic E-state index is -1.34. The number of rotatable bonds is 3. The van der Waals surface area contributed by atoms with E-state index in [2.05, 4.69) is 21.5 Å². The van der Waals surface area contributed by atoms with Crippen LogP contribution in [-0.2, 0) is 15.0 Å². The minimum absolute atomic E-state index is 0.0709. The lowest BCUT2D eigenvalue weighted by Gasteiger charge is -2.31. The number of nitrogens with zero attached hydrogens (tertiary/aromatic N) is 4. The predicted octanol–water partition coefficient (Wildman–Crippen LogP) is 3.80. The zero-order chi connectivity index (χ0) is 22.6. The molecule has 160 valence electrons. The number of hydrogen-bond donors (Lipinski definition) is 1. The number of terminal acetylenes is 1. The van der Waals surface area contributed by atoms with Gasteiger partial charge >= 0.3 is 0 Å². The van der Waals surface area contributed by atoms with Crippen molar-refractivity contribution in [3.63, 3.8) is 0 Å². The second-order valence-electron chi connectivity index (χ2n) is 7.85. The van der Waals surface area contributed by atoms with Crippen LogP contribution in [0.4, 0.5) is 11.5 Å². The Balaban J connectivity index is 1.70. The van der Waals surface area contributed by atoms with Crippen molar-refractivity contribution in [3.05, 3.63) is 69.3 Å². The Morgan fingerprint density at radius 1 is 1.19 bits per heavy atom. The Labute approximate surface area is 194 Å². The van der Waals surface area contributed by atoms with E-state index in [9.17, 15) is 9.59 Å². The van der Waals surface area contributed by atoms with E-state index >= 15 is 0 Å². The molecule has 2 amide bonds. The normalized spacial score (nSPS) is 20.0. The Morgan fingerprint density at radius 3 is 2.62 bits per heavy atom. The molecule has 1 unspecified atom stereocenters. The fraction of sp³-hybridized carbons (Fsp3) is 0.217. The molecule has 1 N–H and O–H groups in total. The van der Waals surface area contributed by atoms with Crippen molar-refractivity contribution >= 4 is 46.5 Å². The number of amides is 2. The lowest BCUT2D eigenvalue weighted by Crippen LogP contribution is -2.47. The van der Waals surface area contributed by atoms with Gasteiger partial charge in [-0.05, 0) is 48.4 Å². The van der Waals surface area contributed by atoms with Crippen LogP contribution in [-0.4, -0.2) is 33.4 Å². The maximum Gasteiger partial charge on any atom is 0.245 e. The van der Waals surface area contributed by atoms with Crippen LogP contribution in [0.15, 0.2) is 42.5 Å². The fourth-order valence-electron chi connectivity index (χ4n) is 4.54. The van der Waals surface area contributed by atoms with Crippen molar-refractivity contribution < 1.29 is 9.59 Å². The summed E-state index contributed by atoms with van der Waals surface area (Å²) in [5, 5.41) is 12.7. The maximum absolute atomic E-state index is 13.8. The summed E-state index contributed by atoms with van der Waals surface area (Å²) in [6.45, 7) is 2.00. The van der Waals surface area contributed by atoms with Gasteiger partial charge in [-0.25, -0.2) is 4.68 Å². The average Bonchev–Trinajstić information content (AvgIpc) is 3.28. The largest absolute Gasteiger partial charge is 0.309 e. The molecule has 5 rings (SSSR count). The zero-order valence-corrected chi connectivity index (χ0v) is 18.5. The summed E-state index contributed by atoms with van der Waals surface area (Å²) in [5.41, 5.74) is 1.19. The highest BCUT2D eigenvalue weighted by molar-refractivity contribution is 6.31. The molecule has 3 aromatic rings. The van der Waals surface area contributed by atoms with Crippen LogP contribution < -0.4 is 10.2 Å². The number of fused-ring (bicyclic) bond motifs is 4. The van der Waals surface area contributed by atoms with Crippen molar-refractivity contribution in [1.29, 1.82) is 0 Å². The first-order valence-corrected chi connectivity index (χ1v) is 10.7. The predicted molar refractivity (Wildman–Crippen MR) is 122 cm³/mol. The Bertz CT molecular complexity index is 1310. The average molecular weight is 466 g/mol. The van der Waals surface area contributed by atoms with Crippen LogP contribution in [0.25, 0.3) is 0 Å². The van der Waals surface area contributed by atoms with Gasteiger partial charge in [0, 0.05) is 15.7 Å². The number of hydrogen-bond acceptors (Lipinski definition) is 4. The third kappa shape index (κ3) is 2.84. The number of anilines is 2. The van der Waals surface area contributed by atoms with Crippen molar-refractivity contribution in [2.24, 2.45) is 0 Å². The molecule has 2 aromatic carbocycles. The van der Waals surface area contributed by atoms with Gasteiger partial charge in [-0.15, -0.1) is 11.5 Å². The van der Waals surface area contributed by atoms with Crippen molar-refractivity contribution in [3.8, 4) is 12.3 Å². The van der Waals surface area contributed by atoms with E-state index in [0.29, 0.717) is 32.8 Å². The van der Waals surface area contributed by atoms with E-state index in [4.69, 9.17) is 29.6 Å². The molecule has 2 atom stereocenters. The van der Waals surface area contributed by atoms with E-state index in [1.54, 1.807) is 35.0 Å². The molecule has 2 aliphatic heterocycles. The molecule has 0 fully saturated rings. The van der Waals surface area contributed by atoms with Crippen molar-refractivity contribution in [2.75, 3.05) is 16.8 Å². The topological polar surface area (TPSA) is 80.1 Å². The number of carbonyl (C=O) groups excluding carboxylic acids is 2. The summed E-state index contributed by atoms with van der Waals surface area (Å²) in [7, 11) is 0. The molecular weight excluding hydrogens is 449 g/mol. The summed E-state index contributed by atoms with van der Waals surface area (Å²) >= 11 is 12.3. The van der Waals surface area contributed by atoms with Gasteiger partial charge in [0.25, 0.3) is 0 Å². The molecule has 1 aromatic heterocycles. The third-order valence-electron chi connectivity index (χ3n) is 6.07. The van der Waals surface area contributed by atoms with E-state index in [0.717, 1.165) is 5.56 Å². The van der Waals surface area contributed by atoms with Gasteiger partial charge in [0.05, 0.1) is 19.0 Å². The molecule has 0 saturated carbocycles. The molecule has 7 nitrogen and oxygen atoms in total. The molecule has 1 spiro atoms. The van der Waals surface area contributed by atoms with Crippen LogP contribution in [0, 0.1) is 12.3 Å². The molecule has 3 heterocycles. The first-order chi connectivity index (χ1) is 15.4. The van der Waals surface area contributed by atoms with E-state index in [-0.39, 0.29) is 30.8 Å². The summed E-state index contributed by atoms with van der Waals surface area (Å²) in [4.78, 5) is 28.2. The van der Waals surface area contributed by atoms with Gasteiger partial charge in [-0.3, -0.25) is 14.5 Å². The second-order valence-corrected chi connectivity index (χ2v) is 8.72. The summed E-state index contributed by atoms with van der Waals surface area (Å²) in [6, 6.07) is 12.2. The molecule has 0 bridgehead atoms. The fourth-order valence-corrected chi connectivity index (χ4v) is 4.84. The van der Waals surface area contributed by atoms with Crippen LogP contribution in [0.1, 0.15) is 36.2 Å². The monoisotopic (exact) mass is 465 g/mol. The molecule has 0 radical (unpaired) electrons. The zero-order valence-electron chi connectivity index (χ0n) is 17.0. The van der Waals surface area contributed by atoms with Crippen molar-refractivity contribution in [1.82, 2.24) is 15.0 Å². The maximum atomic E-state index is 13.8. The molecule has 2 aliphatic rings. The third-order valence-corrected chi connectivity index (χ3v) is 6.56. The molecular formula is C23H17Cl2N5O2. The van der Waals surface area contributed by atoms with Crippen molar-refractivity contribution in [2.45, 2.75) is 24.8 Å². The molecule has 0 aliphatic carbocycles. The van der Waals surface area contributed by atoms with Gasteiger partial charge in [0.2, 0.25) is 11.8 Å². The molecule has 32 heavy (non-hydrogen) atoms. The van der Waals surface area contributed by atoms with E-state index in [1.807, 2.05) is 19.1 Å². The van der Waals surface area contributed by atoms with Gasteiger partial charge in [0.1, 0.15) is 11.1 Å². The summed E-state index contributed by atoms with van der Waals surface area (Å²) < 4.78 is 1.61. The molecule has 0 saturated heterocycles. The van der Waals surface area contributed by atoms with Crippen LogP contribution >= 0.6 is 23.2 Å². The van der Waals surface area contributed by atoms with E-state index < -0.39 is 5.41 Å². The number of nitrogens with one attached hydrogen (secondary N) is 1. The minimum Gasteiger partial charge on any atom is -0.309 e. The highest BCUT2D eigenvalue weighted by Gasteiger charge is 2.58. The number of aromatic nitrogens is 3. The number of benzene rings is 2. The van der Waals surface area contributed by atoms with Gasteiger partial charge in [0.15, 0.2) is 5.82 Å². The first-order valence-electron chi connectivity index (χ1n) is 9.93. The summed E-state index contributed by atoms with van der Waals surface area (Å²) in [6.07, 6.45) is 5.42. The van der Waals surface area contributed by atoms with Gasteiger partial charge < -0.3 is 5.32 Å². The smallest absolute Gasteiger partial charge is 0.245 e. The lowest BCUT2D eigenvalue weighted by atomic mass is 9.73. The van der Waals surface area contributed by atoms with E-state index in [1.165, 1.54) is 4.90 Å². The van der Waals surface area contributed by atoms with Gasteiger partial charge in [-0.2, -0.15) is 0 Å². The number of halogens is 2. The standard InChI is InChI=1S/C23H17Cl2N5O2/c1-3-10-29-18-9-8-16(25)11-17(18)23(22(29)32)12-19(31)26-21-20(23)27-28-30(21)13(2)14-4-6-15(24)7-5-14/h1,4-9,11,13H,10,12H2,2H3,(H,26,31)/t13?,23-/m1/s1. The first kappa shape index (κ1) is 20.6. The Morgan fingerprint density at radius 2 is 1.91 bits per heavy atom. The SMILES string of the molecule is C#CCN1C(=O)[C@]2(CC(=O)Nc3c2nnn3C(C)c2ccc(Cl)cc2)c2cc(Cl)ccc21. The van der Waals surface area contributed by atoms with Crippen LogP contribution in [0.2, 0.25) is 10.0 Å². The highest BCUT2D eigenvalue weighted by atomic mass is 35.5. The van der Waals surface area contributed by atoms with Crippen LogP contribution in [0.3, 0.4) is 0 Å². The van der Waals surface area contributed by atoms with Crippen LogP contribution in [0.5, 0.6) is 0 Å². The Kier molecular flexibility index (Phi) is 4.73. The quantitative estimate of drug-likeness (QED) is 0.596.